The van der Waals surface area contributed by atoms with Crippen molar-refractivity contribution in [1.29, 1.82) is 0 Å². The number of benzene rings is 1. The number of nitrogens with one attached hydrogen (secondary N) is 1. The molecule has 1 heterocycles. The second-order valence-electron chi connectivity index (χ2n) is 5.14. The number of ether oxygens (including phenoxy) is 1. The summed E-state index contributed by atoms with van der Waals surface area (Å²) in [5.74, 6) is -1.43. The van der Waals surface area contributed by atoms with Crippen LogP contribution in [0, 0.1) is 11.8 Å². The number of carbonyl (C=O) groups is 2. The quantitative estimate of drug-likeness (QED) is 0.894. The van der Waals surface area contributed by atoms with Crippen molar-refractivity contribution in [3.63, 3.8) is 0 Å². The smallest absolute Gasteiger partial charge is 0.307 e. The summed E-state index contributed by atoms with van der Waals surface area (Å²) < 4.78 is 5.52. The average molecular weight is 296 g/mol. The number of hydrogen-bond donors (Lipinski definition) is 2. The maximum atomic E-state index is 12.0. The summed E-state index contributed by atoms with van der Waals surface area (Å²) >= 11 is 6.07. The van der Waals surface area contributed by atoms with E-state index in [4.69, 9.17) is 21.4 Å². The van der Waals surface area contributed by atoms with Gasteiger partial charge in [-0.2, -0.15) is 0 Å². The lowest BCUT2D eigenvalue weighted by molar-refractivity contribution is -0.140. The molecule has 1 fully saturated rings. The monoisotopic (exact) mass is 295 g/mol. The van der Waals surface area contributed by atoms with Crippen LogP contribution in [-0.4, -0.2) is 23.6 Å². The van der Waals surface area contributed by atoms with Gasteiger partial charge in [0.05, 0.1) is 29.5 Å². The molecule has 1 amide bonds. The third kappa shape index (κ3) is 2.33. The van der Waals surface area contributed by atoms with Gasteiger partial charge in [0.1, 0.15) is 5.75 Å². The number of rotatable bonds is 3. The molecule has 1 aromatic carbocycles. The molecule has 1 aromatic rings. The van der Waals surface area contributed by atoms with Crippen LogP contribution in [0.5, 0.6) is 5.75 Å². The molecular weight excluding hydrogens is 282 g/mol. The molecule has 2 aliphatic rings. The van der Waals surface area contributed by atoms with Crippen LogP contribution in [0.3, 0.4) is 0 Å². The first-order chi connectivity index (χ1) is 9.58. The predicted molar refractivity (Wildman–Crippen MR) is 71.7 cm³/mol. The number of para-hydroxylation sites is 1. The van der Waals surface area contributed by atoms with Gasteiger partial charge in [0, 0.05) is 12.0 Å². The normalized spacial score (nSPS) is 27.1. The lowest BCUT2D eigenvalue weighted by Gasteiger charge is -2.27. The SMILES string of the molecule is O=C(N[C@@H]1CCOc2c(Cl)cccc21)[C@H]1C[C@H]1C(=O)O. The van der Waals surface area contributed by atoms with E-state index in [-0.39, 0.29) is 11.9 Å². The second-order valence-corrected chi connectivity index (χ2v) is 5.55. The molecule has 5 nitrogen and oxygen atoms in total. The number of carboxylic acids is 1. The highest BCUT2D eigenvalue weighted by Crippen LogP contribution is 2.41. The third-order valence-corrected chi connectivity index (χ3v) is 4.08. The Morgan fingerprint density at radius 1 is 1.35 bits per heavy atom. The molecule has 0 bridgehead atoms. The molecule has 0 saturated heterocycles. The first-order valence-electron chi connectivity index (χ1n) is 6.52. The van der Waals surface area contributed by atoms with Crippen LogP contribution in [0.25, 0.3) is 0 Å². The predicted octanol–water partition coefficient (Wildman–Crippen LogP) is 2.00. The van der Waals surface area contributed by atoms with Gasteiger partial charge in [-0.15, -0.1) is 0 Å². The second kappa shape index (κ2) is 4.98. The van der Waals surface area contributed by atoms with E-state index >= 15 is 0 Å². The molecular formula is C14H14ClNO4. The number of amides is 1. The van der Waals surface area contributed by atoms with Crippen molar-refractivity contribution in [2.45, 2.75) is 18.9 Å². The Kier molecular flexibility index (Phi) is 3.30. The standard InChI is InChI=1S/C14H14ClNO4/c15-10-3-1-2-7-11(4-5-20-12(7)10)16-13(17)8-6-9(8)14(18)19/h1-3,8-9,11H,4-6H2,(H,16,17)(H,18,19)/t8-,9+,11+/m0/s1. The van der Waals surface area contributed by atoms with Crippen LogP contribution in [0.15, 0.2) is 18.2 Å². The molecule has 3 rings (SSSR count). The molecule has 106 valence electrons. The van der Waals surface area contributed by atoms with Crippen molar-refractivity contribution < 1.29 is 19.4 Å². The van der Waals surface area contributed by atoms with Gasteiger partial charge in [0.2, 0.25) is 5.91 Å². The summed E-state index contributed by atoms with van der Waals surface area (Å²) in [6, 6.07) is 5.25. The molecule has 2 N–H and O–H groups in total. The molecule has 3 atom stereocenters. The third-order valence-electron chi connectivity index (χ3n) is 3.79. The van der Waals surface area contributed by atoms with Crippen LogP contribution >= 0.6 is 11.6 Å². The minimum atomic E-state index is -0.902. The van der Waals surface area contributed by atoms with E-state index in [2.05, 4.69) is 5.32 Å². The van der Waals surface area contributed by atoms with Crippen molar-refractivity contribution >= 4 is 23.5 Å². The summed E-state index contributed by atoms with van der Waals surface area (Å²) in [6.07, 6.45) is 1.08. The number of hydrogen-bond acceptors (Lipinski definition) is 3. The van der Waals surface area contributed by atoms with Crippen molar-refractivity contribution in [2.24, 2.45) is 11.8 Å². The lowest BCUT2D eigenvalue weighted by atomic mass is 10.0. The molecule has 6 heteroatoms. The van der Waals surface area contributed by atoms with Gasteiger partial charge >= 0.3 is 5.97 Å². The van der Waals surface area contributed by atoms with Crippen LogP contribution in [0.1, 0.15) is 24.4 Å². The number of halogens is 1. The van der Waals surface area contributed by atoms with Gasteiger partial charge in [0.15, 0.2) is 0 Å². The van der Waals surface area contributed by atoms with Gasteiger partial charge in [-0.25, -0.2) is 0 Å². The Balaban J connectivity index is 1.73. The van der Waals surface area contributed by atoms with Crippen molar-refractivity contribution in [1.82, 2.24) is 5.32 Å². The molecule has 1 aliphatic carbocycles. The highest BCUT2D eigenvalue weighted by Gasteiger charge is 2.48. The van der Waals surface area contributed by atoms with Gasteiger partial charge in [-0.05, 0) is 12.5 Å². The summed E-state index contributed by atoms with van der Waals surface area (Å²) in [5, 5.41) is 12.3. The Labute approximate surface area is 120 Å². The Morgan fingerprint density at radius 2 is 2.15 bits per heavy atom. The van der Waals surface area contributed by atoms with E-state index in [9.17, 15) is 9.59 Å². The summed E-state index contributed by atoms with van der Waals surface area (Å²) in [7, 11) is 0. The fourth-order valence-electron chi connectivity index (χ4n) is 2.57. The first kappa shape index (κ1) is 13.2. The first-order valence-corrected chi connectivity index (χ1v) is 6.90. The van der Waals surface area contributed by atoms with Crippen molar-refractivity contribution in [2.75, 3.05) is 6.61 Å². The summed E-state index contributed by atoms with van der Waals surface area (Å²) in [6.45, 7) is 0.481. The van der Waals surface area contributed by atoms with E-state index in [0.717, 1.165) is 5.56 Å². The lowest BCUT2D eigenvalue weighted by Crippen LogP contribution is -2.33. The van der Waals surface area contributed by atoms with E-state index in [0.29, 0.717) is 30.2 Å². The topological polar surface area (TPSA) is 75.6 Å². The largest absolute Gasteiger partial charge is 0.492 e. The minimum absolute atomic E-state index is 0.167. The van der Waals surface area contributed by atoms with Gasteiger partial charge in [0.25, 0.3) is 0 Å². The number of aliphatic carboxylic acids is 1. The van der Waals surface area contributed by atoms with Gasteiger partial charge in [-0.1, -0.05) is 23.7 Å². The number of carbonyl (C=O) groups excluding carboxylic acids is 1. The molecule has 0 aromatic heterocycles. The maximum Gasteiger partial charge on any atom is 0.307 e. The van der Waals surface area contributed by atoms with Gasteiger partial charge in [-0.3, -0.25) is 9.59 Å². The Bertz CT molecular complexity index is 574. The molecule has 0 radical (unpaired) electrons. The molecule has 1 saturated carbocycles. The molecule has 0 unspecified atom stereocenters. The van der Waals surface area contributed by atoms with Crippen LogP contribution in [-0.2, 0) is 9.59 Å². The minimum Gasteiger partial charge on any atom is -0.492 e. The molecule has 20 heavy (non-hydrogen) atoms. The highest BCUT2D eigenvalue weighted by atomic mass is 35.5. The van der Waals surface area contributed by atoms with Gasteiger partial charge < -0.3 is 15.2 Å². The van der Waals surface area contributed by atoms with Crippen molar-refractivity contribution in [3.8, 4) is 5.75 Å². The zero-order valence-corrected chi connectivity index (χ0v) is 11.4. The fraction of sp³-hybridized carbons (Fsp3) is 0.429. The fourth-order valence-corrected chi connectivity index (χ4v) is 2.81. The Hall–Kier alpha value is -1.75. The Morgan fingerprint density at radius 3 is 2.85 bits per heavy atom. The van der Waals surface area contributed by atoms with E-state index in [1.54, 1.807) is 6.07 Å². The van der Waals surface area contributed by atoms with Crippen LogP contribution in [0.4, 0.5) is 0 Å². The van der Waals surface area contributed by atoms with Crippen LogP contribution < -0.4 is 10.1 Å². The van der Waals surface area contributed by atoms with Crippen LogP contribution in [0.2, 0.25) is 5.02 Å². The van der Waals surface area contributed by atoms with E-state index < -0.39 is 17.8 Å². The molecule has 1 aliphatic heterocycles. The van der Waals surface area contributed by atoms with E-state index in [1.807, 2.05) is 12.1 Å². The number of carboxylic acid groups (broad SMARTS) is 1. The highest BCUT2D eigenvalue weighted by molar-refractivity contribution is 6.32. The zero-order valence-electron chi connectivity index (χ0n) is 10.6. The average Bonchev–Trinajstić information content (AvgIpc) is 3.20. The number of fused-ring (bicyclic) bond motifs is 1. The summed E-state index contributed by atoms with van der Waals surface area (Å²) in [4.78, 5) is 22.8. The van der Waals surface area contributed by atoms with Crippen molar-refractivity contribution in [3.05, 3.63) is 28.8 Å². The summed E-state index contributed by atoms with van der Waals surface area (Å²) in [5.41, 5.74) is 0.852. The zero-order chi connectivity index (χ0) is 14.3. The molecule has 0 spiro atoms. The maximum absolute atomic E-state index is 12.0. The van der Waals surface area contributed by atoms with E-state index in [1.165, 1.54) is 0 Å².